The van der Waals surface area contributed by atoms with Crippen molar-refractivity contribution in [3.63, 3.8) is 0 Å². The molecule has 4 nitrogen and oxygen atoms in total. The van der Waals surface area contributed by atoms with Crippen molar-refractivity contribution in [3.8, 4) is 11.8 Å². The van der Waals surface area contributed by atoms with Crippen LogP contribution in [-0.2, 0) is 10.9 Å². The second kappa shape index (κ2) is 6.39. The monoisotopic (exact) mass is 309 g/mol. The van der Waals surface area contributed by atoms with Gasteiger partial charge in [0.1, 0.15) is 5.75 Å². The number of alkyl halides is 5. The average Bonchev–Trinajstić information content (AvgIpc) is 2.35. The van der Waals surface area contributed by atoms with Crippen LogP contribution in [0, 0.1) is 11.3 Å². The number of ether oxygens (including phenoxy) is 2. The van der Waals surface area contributed by atoms with E-state index in [-0.39, 0.29) is 6.61 Å². The van der Waals surface area contributed by atoms with Gasteiger partial charge in [0.2, 0.25) is 0 Å². The van der Waals surface area contributed by atoms with Crippen molar-refractivity contribution in [1.82, 2.24) is 0 Å². The number of hydrogen-bond donors (Lipinski definition) is 0. The molecule has 9 heteroatoms. The van der Waals surface area contributed by atoms with Crippen molar-refractivity contribution >= 4 is 5.97 Å². The number of esters is 1. The highest BCUT2D eigenvalue weighted by Gasteiger charge is 2.39. The highest BCUT2D eigenvalue weighted by atomic mass is 19.4. The van der Waals surface area contributed by atoms with Gasteiger partial charge in [-0.3, -0.25) is 0 Å². The number of carbonyl (C=O) groups is 1. The number of benzene rings is 1. The normalized spacial score (nSPS) is 11.1. The third kappa shape index (κ3) is 4.05. The molecule has 0 spiro atoms. The first-order chi connectivity index (χ1) is 9.70. The van der Waals surface area contributed by atoms with Crippen LogP contribution in [-0.4, -0.2) is 19.2 Å². The summed E-state index contributed by atoms with van der Waals surface area (Å²) in [6.07, 6.45) is -5.03. The van der Waals surface area contributed by atoms with Gasteiger partial charge in [0.25, 0.3) is 0 Å². The van der Waals surface area contributed by atoms with Gasteiger partial charge in [-0.25, -0.2) is 4.79 Å². The zero-order valence-corrected chi connectivity index (χ0v) is 10.5. The third-order valence-corrected chi connectivity index (χ3v) is 2.24. The van der Waals surface area contributed by atoms with Gasteiger partial charge in [-0.15, -0.1) is 0 Å². The molecular formula is C12H8F5NO3. The average molecular weight is 309 g/mol. The largest absolute Gasteiger partial charge is 0.462 e. The highest BCUT2D eigenvalue weighted by molar-refractivity contribution is 5.92. The molecule has 0 aromatic heterocycles. The first-order valence-electron chi connectivity index (χ1n) is 5.48. The second-order valence-corrected chi connectivity index (χ2v) is 3.60. The standard InChI is InChI=1S/C12H8F5NO3/c1-2-20-10(19)8-4-7(21-11(13)14)3-6(5-18)9(8)12(15,16)17/h3-4,11H,2H2,1H3. The van der Waals surface area contributed by atoms with E-state index in [0.717, 1.165) is 0 Å². The lowest BCUT2D eigenvalue weighted by molar-refractivity contribution is -0.138. The Labute approximate surface area is 115 Å². The summed E-state index contributed by atoms with van der Waals surface area (Å²) in [4.78, 5) is 11.5. The lowest BCUT2D eigenvalue weighted by Crippen LogP contribution is -2.18. The van der Waals surface area contributed by atoms with Crippen molar-refractivity contribution in [3.05, 3.63) is 28.8 Å². The smallest absolute Gasteiger partial charge is 0.418 e. The molecule has 0 N–H and O–H groups in total. The topological polar surface area (TPSA) is 59.3 Å². The number of halogens is 5. The predicted octanol–water partition coefficient (Wildman–Crippen LogP) is 3.36. The molecule has 21 heavy (non-hydrogen) atoms. The molecule has 0 saturated carbocycles. The Kier molecular flexibility index (Phi) is 5.07. The molecule has 1 aromatic carbocycles. The lowest BCUT2D eigenvalue weighted by Gasteiger charge is -2.15. The van der Waals surface area contributed by atoms with Gasteiger partial charge in [-0.2, -0.15) is 27.2 Å². The van der Waals surface area contributed by atoms with Gasteiger partial charge in [0.05, 0.1) is 29.4 Å². The maximum Gasteiger partial charge on any atom is 0.418 e. The molecule has 0 aliphatic heterocycles. The highest BCUT2D eigenvalue weighted by Crippen LogP contribution is 2.37. The summed E-state index contributed by atoms with van der Waals surface area (Å²) < 4.78 is 71.5. The van der Waals surface area contributed by atoms with Crippen molar-refractivity contribution in [1.29, 1.82) is 5.26 Å². The van der Waals surface area contributed by atoms with Crippen LogP contribution >= 0.6 is 0 Å². The minimum Gasteiger partial charge on any atom is -0.462 e. The summed E-state index contributed by atoms with van der Waals surface area (Å²) in [5.41, 5.74) is -3.62. The molecule has 1 aromatic rings. The van der Waals surface area contributed by atoms with E-state index in [0.29, 0.717) is 12.1 Å². The van der Waals surface area contributed by atoms with E-state index < -0.39 is 41.2 Å². The van der Waals surface area contributed by atoms with Gasteiger partial charge in [0.15, 0.2) is 0 Å². The zero-order chi connectivity index (χ0) is 16.2. The summed E-state index contributed by atoms with van der Waals surface area (Å²) in [6.45, 7) is -2.18. The maximum atomic E-state index is 12.9. The van der Waals surface area contributed by atoms with Crippen LogP contribution < -0.4 is 4.74 Å². The molecule has 0 aliphatic rings. The van der Waals surface area contributed by atoms with Crippen LogP contribution in [0.3, 0.4) is 0 Å². The predicted molar refractivity (Wildman–Crippen MR) is 58.7 cm³/mol. The summed E-state index contributed by atoms with van der Waals surface area (Å²) in [7, 11) is 0. The van der Waals surface area contributed by atoms with E-state index in [4.69, 9.17) is 5.26 Å². The Bertz CT molecular complexity index is 577. The van der Waals surface area contributed by atoms with Crippen LogP contribution in [0.15, 0.2) is 12.1 Å². The van der Waals surface area contributed by atoms with E-state index in [1.165, 1.54) is 13.0 Å². The molecule has 114 valence electrons. The molecule has 0 unspecified atom stereocenters. The first kappa shape index (κ1) is 16.7. The molecule has 0 heterocycles. The lowest BCUT2D eigenvalue weighted by atomic mass is 10.0. The fourth-order valence-electron chi connectivity index (χ4n) is 1.55. The van der Waals surface area contributed by atoms with Gasteiger partial charge in [-0.1, -0.05) is 0 Å². The minimum atomic E-state index is -5.03. The van der Waals surface area contributed by atoms with Crippen LogP contribution in [0.5, 0.6) is 5.75 Å². The third-order valence-electron chi connectivity index (χ3n) is 2.24. The van der Waals surface area contributed by atoms with E-state index in [2.05, 4.69) is 9.47 Å². The SMILES string of the molecule is CCOC(=O)c1cc(OC(F)F)cc(C#N)c1C(F)(F)F. The number of hydrogen-bond acceptors (Lipinski definition) is 4. The fourth-order valence-corrected chi connectivity index (χ4v) is 1.55. The summed E-state index contributed by atoms with van der Waals surface area (Å²) in [6, 6.07) is 2.15. The molecule has 0 aliphatic carbocycles. The minimum absolute atomic E-state index is 0.224. The van der Waals surface area contributed by atoms with Crippen LogP contribution in [0.25, 0.3) is 0 Å². The molecule has 0 radical (unpaired) electrons. The molecule has 0 atom stereocenters. The van der Waals surface area contributed by atoms with Crippen molar-refractivity contribution < 1.29 is 36.2 Å². The molecule has 0 fully saturated rings. The number of rotatable bonds is 4. The number of carbonyl (C=O) groups excluding carboxylic acids is 1. The Hall–Kier alpha value is -2.37. The van der Waals surface area contributed by atoms with Gasteiger partial charge < -0.3 is 9.47 Å². The quantitative estimate of drug-likeness (QED) is 0.632. The van der Waals surface area contributed by atoms with E-state index >= 15 is 0 Å². The van der Waals surface area contributed by atoms with E-state index in [9.17, 15) is 26.7 Å². The second-order valence-electron chi connectivity index (χ2n) is 3.60. The van der Waals surface area contributed by atoms with E-state index in [1.54, 1.807) is 0 Å². The Morgan fingerprint density at radius 1 is 1.38 bits per heavy atom. The number of nitrogens with zero attached hydrogens (tertiary/aromatic N) is 1. The van der Waals surface area contributed by atoms with Crippen LogP contribution in [0.1, 0.15) is 28.4 Å². The van der Waals surface area contributed by atoms with Gasteiger partial charge >= 0.3 is 18.8 Å². The van der Waals surface area contributed by atoms with Gasteiger partial charge in [-0.05, 0) is 19.1 Å². The molecule has 0 amide bonds. The van der Waals surface area contributed by atoms with Crippen LogP contribution in [0.4, 0.5) is 22.0 Å². The summed E-state index contributed by atoms with van der Waals surface area (Å²) in [5.74, 6) is -2.13. The Balaban J connectivity index is 3.54. The van der Waals surface area contributed by atoms with E-state index in [1.807, 2.05) is 0 Å². The van der Waals surface area contributed by atoms with Gasteiger partial charge in [0, 0.05) is 0 Å². The molecule has 0 bridgehead atoms. The summed E-state index contributed by atoms with van der Waals surface area (Å²) >= 11 is 0. The Morgan fingerprint density at radius 3 is 2.43 bits per heavy atom. The molecular weight excluding hydrogens is 301 g/mol. The first-order valence-corrected chi connectivity index (χ1v) is 5.48. The summed E-state index contributed by atoms with van der Waals surface area (Å²) in [5, 5.41) is 8.73. The molecule has 0 saturated heterocycles. The fraction of sp³-hybridized carbons (Fsp3) is 0.333. The zero-order valence-electron chi connectivity index (χ0n) is 10.5. The van der Waals surface area contributed by atoms with Crippen molar-refractivity contribution in [2.24, 2.45) is 0 Å². The molecule has 1 rings (SSSR count). The number of nitriles is 1. The maximum absolute atomic E-state index is 12.9. The Morgan fingerprint density at radius 2 is 2.00 bits per heavy atom. The van der Waals surface area contributed by atoms with Crippen molar-refractivity contribution in [2.45, 2.75) is 19.7 Å². The van der Waals surface area contributed by atoms with Crippen LogP contribution in [0.2, 0.25) is 0 Å². The van der Waals surface area contributed by atoms with Crippen molar-refractivity contribution in [2.75, 3.05) is 6.61 Å².